The number of hydrogen-bond acceptors (Lipinski definition) is 6. The van der Waals surface area contributed by atoms with E-state index in [9.17, 15) is 24.8 Å². The summed E-state index contributed by atoms with van der Waals surface area (Å²) in [6, 6.07) is 7.77. The summed E-state index contributed by atoms with van der Waals surface area (Å²) < 4.78 is 0.698. The van der Waals surface area contributed by atoms with Crippen LogP contribution in [0.15, 0.2) is 58.4 Å². The van der Waals surface area contributed by atoms with Gasteiger partial charge in [0.2, 0.25) is 0 Å². The van der Waals surface area contributed by atoms with Crippen LogP contribution in [0.1, 0.15) is 18.5 Å². The Morgan fingerprint density at radius 3 is 2.42 bits per heavy atom. The largest absolute Gasteiger partial charge is 0.503 e. The Morgan fingerprint density at radius 1 is 1.27 bits per heavy atom. The topological polar surface area (TPSA) is 114 Å². The number of amides is 1. The van der Waals surface area contributed by atoms with Crippen molar-refractivity contribution in [3.05, 3.63) is 74.1 Å². The minimum atomic E-state index is -0.922. The van der Waals surface area contributed by atoms with E-state index >= 15 is 0 Å². The number of nitro groups is 1. The van der Waals surface area contributed by atoms with Crippen molar-refractivity contribution in [2.24, 2.45) is 0 Å². The third-order valence-electron chi connectivity index (χ3n) is 3.97. The molecule has 8 nitrogen and oxygen atoms in total. The van der Waals surface area contributed by atoms with Crippen LogP contribution >= 0.6 is 15.9 Å². The summed E-state index contributed by atoms with van der Waals surface area (Å²) in [6.07, 6.45) is 1.48. The van der Waals surface area contributed by atoms with Gasteiger partial charge in [-0.2, -0.15) is 0 Å². The highest BCUT2D eigenvalue weighted by molar-refractivity contribution is 9.10. The zero-order valence-corrected chi connectivity index (χ0v) is 15.0. The number of benzene rings is 1. The smallest absolute Gasteiger partial charge is 0.295 e. The van der Waals surface area contributed by atoms with Crippen molar-refractivity contribution >= 4 is 39.1 Å². The second kappa shape index (κ2) is 6.68. The van der Waals surface area contributed by atoms with Crippen molar-refractivity contribution in [3.63, 3.8) is 0 Å². The molecule has 132 valence electrons. The lowest BCUT2D eigenvalue weighted by molar-refractivity contribution is -0.384. The molecule has 0 saturated heterocycles. The van der Waals surface area contributed by atoms with Crippen LogP contribution in [0.4, 0.5) is 11.5 Å². The fourth-order valence-electron chi connectivity index (χ4n) is 2.81. The van der Waals surface area contributed by atoms with Gasteiger partial charge in [0.05, 0.1) is 16.5 Å². The van der Waals surface area contributed by atoms with Gasteiger partial charge in [-0.3, -0.25) is 24.6 Å². The fourth-order valence-corrected chi connectivity index (χ4v) is 3.04. The van der Waals surface area contributed by atoms with E-state index in [2.05, 4.69) is 20.9 Å². The Balaban J connectivity index is 2.14. The summed E-state index contributed by atoms with van der Waals surface area (Å²) >= 11 is 3.25. The van der Waals surface area contributed by atoms with Crippen LogP contribution in [0.5, 0.6) is 0 Å². The molecule has 2 aromatic rings. The predicted octanol–water partition coefficient (Wildman–Crippen LogP) is 3.24. The van der Waals surface area contributed by atoms with E-state index < -0.39 is 28.4 Å². The van der Waals surface area contributed by atoms with Crippen LogP contribution in [0.3, 0.4) is 0 Å². The Bertz CT molecular complexity index is 938. The summed E-state index contributed by atoms with van der Waals surface area (Å²) in [5.74, 6) is -1.64. The number of hydrogen-bond donors (Lipinski definition) is 1. The number of rotatable bonds is 4. The molecule has 1 atom stereocenters. The number of aliphatic hydroxyl groups excluding tert-OH is 1. The highest BCUT2D eigenvalue weighted by Gasteiger charge is 2.43. The maximum absolute atomic E-state index is 12.6. The van der Waals surface area contributed by atoms with Crippen molar-refractivity contribution in [1.82, 2.24) is 4.98 Å². The van der Waals surface area contributed by atoms with Crippen LogP contribution in [-0.4, -0.2) is 26.7 Å². The lowest BCUT2D eigenvalue weighted by atomic mass is 9.96. The number of halogens is 1. The molecule has 1 N–H and O–H groups in total. The van der Waals surface area contributed by atoms with E-state index in [1.807, 2.05) is 0 Å². The first kappa shape index (κ1) is 17.7. The molecule has 1 aromatic heterocycles. The first-order valence-corrected chi connectivity index (χ1v) is 8.24. The maximum atomic E-state index is 12.6. The number of anilines is 1. The van der Waals surface area contributed by atoms with Crippen molar-refractivity contribution in [3.8, 4) is 0 Å². The lowest BCUT2D eigenvalue weighted by Crippen LogP contribution is -2.31. The van der Waals surface area contributed by atoms with Crippen LogP contribution in [0.25, 0.3) is 0 Å². The lowest BCUT2D eigenvalue weighted by Gasteiger charge is -2.25. The van der Waals surface area contributed by atoms with Gasteiger partial charge >= 0.3 is 0 Å². The molecule has 0 spiro atoms. The predicted molar refractivity (Wildman–Crippen MR) is 95.6 cm³/mol. The number of pyridine rings is 1. The number of Topliss-reactive ketones (excluding diaryl/α,β-unsaturated/α-hetero) is 1. The summed E-state index contributed by atoms with van der Waals surface area (Å²) in [4.78, 5) is 40.3. The van der Waals surface area contributed by atoms with Gasteiger partial charge in [0.15, 0.2) is 11.5 Å². The molecule has 1 aliphatic rings. The van der Waals surface area contributed by atoms with Gasteiger partial charge in [-0.1, -0.05) is 0 Å². The molecule has 0 radical (unpaired) electrons. The molecule has 1 aliphatic heterocycles. The van der Waals surface area contributed by atoms with Gasteiger partial charge in [0, 0.05) is 22.8 Å². The van der Waals surface area contributed by atoms with E-state index in [-0.39, 0.29) is 17.1 Å². The number of carbonyl (C=O) groups is 2. The minimum absolute atomic E-state index is 0.0754. The van der Waals surface area contributed by atoms with Gasteiger partial charge in [-0.25, -0.2) is 4.98 Å². The summed E-state index contributed by atoms with van der Waals surface area (Å²) in [5, 5.41) is 21.1. The summed E-state index contributed by atoms with van der Waals surface area (Å²) in [7, 11) is 0. The standard InChI is InChI=1S/C17H12BrN3O5/c1-9(22)14-15(10-2-5-12(6-3-10)21(25)26)20(17(24)16(14)23)13-7-4-11(18)8-19-13/h2-8,15,23H,1H3/t15-/m1/s1. The zero-order valence-electron chi connectivity index (χ0n) is 13.4. The Morgan fingerprint density at radius 2 is 1.92 bits per heavy atom. The van der Waals surface area contributed by atoms with Crippen LogP contribution in [-0.2, 0) is 9.59 Å². The number of ketones is 1. The molecular formula is C17H12BrN3O5. The highest BCUT2D eigenvalue weighted by atomic mass is 79.9. The van der Waals surface area contributed by atoms with Gasteiger partial charge in [0.25, 0.3) is 11.6 Å². The van der Waals surface area contributed by atoms with Crippen LogP contribution in [0.2, 0.25) is 0 Å². The Kier molecular flexibility index (Phi) is 4.56. The van der Waals surface area contributed by atoms with Crippen molar-refractivity contribution in [1.29, 1.82) is 0 Å². The molecular weight excluding hydrogens is 406 g/mol. The average molecular weight is 418 g/mol. The zero-order chi connectivity index (χ0) is 19.0. The Labute approximate surface area is 156 Å². The quantitative estimate of drug-likeness (QED) is 0.603. The molecule has 26 heavy (non-hydrogen) atoms. The highest BCUT2D eigenvalue weighted by Crippen LogP contribution is 2.40. The second-order valence-electron chi connectivity index (χ2n) is 5.58. The molecule has 0 saturated carbocycles. The third kappa shape index (κ3) is 2.97. The van der Waals surface area contributed by atoms with Crippen molar-refractivity contribution in [2.75, 3.05) is 4.90 Å². The van der Waals surface area contributed by atoms with Crippen molar-refractivity contribution < 1.29 is 19.6 Å². The molecule has 1 aromatic carbocycles. The summed E-state index contributed by atoms with van der Waals surface area (Å²) in [5.41, 5.74) is 0.250. The molecule has 2 heterocycles. The van der Waals surface area contributed by atoms with E-state index in [0.29, 0.717) is 10.0 Å². The molecule has 9 heteroatoms. The average Bonchev–Trinajstić information content (AvgIpc) is 2.87. The van der Waals surface area contributed by atoms with Crippen LogP contribution < -0.4 is 4.90 Å². The number of aromatic nitrogens is 1. The molecule has 3 rings (SSSR count). The second-order valence-corrected chi connectivity index (χ2v) is 6.50. The summed E-state index contributed by atoms with van der Waals surface area (Å²) in [6.45, 7) is 1.25. The first-order chi connectivity index (χ1) is 12.3. The van der Waals surface area contributed by atoms with Crippen LogP contribution in [0, 0.1) is 10.1 Å². The monoisotopic (exact) mass is 417 g/mol. The van der Waals surface area contributed by atoms with Gasteiger partial charge in [-0.15, -0.1) is 0 Å². The van der Waals surface area contributed by atoms with E-state index in [1.165, 1.54) is 42.3 Å². The van der Waals surface area contributed by atoms with Crippen molar-refractivity contribution in [2.45, 2.75) is 13.0 Å². The van der Waals surface area contributed by atoms with E-state index in [4.69, 9.17) is 0 Å². The molecule has 0 bridgehead atoms. The molecule has 0 aliphatic carbocycles. The third-order valence-corrected chi connectivity index (χ3v) is 4.43. The minimum Gasteiger partial charge on any atom is -0.503 e. The number of carbonyl (C=O) groups excluding carboxylic acids is 2. The molecule has 1 amide bonds. The van der Waals surface area contributed by atoms with E-state index in [1.54, 1.807) is 12.1 Å². The number of aliphatic hydroxyl groups is 1. The fraction of sp³-hybridized carbons (Fsp3) is 0.118. The molecule has 0 unspecified atom stereocenters. The normalized spacial score (nSPS) is 16.9. The molecule has 0 fully saturated rings. The van der Waals surface area contributed by atoms with Gasteiger partial charge < -0.3 is 5.11 Å². The SMILES string of the molecule is CC(=O)C1=C(O)C(=O)N(c2ccc(Br)cn2)[C@@H]1c1ccc([N+](=O)[O-])cc1. The number of nitro benzene ring substituents is 1. The van der Waals surface area contributed by atoms with E-state index in [0.717, 1.165) is 0 Å². The first-order valence-electron chi connectivity index (χ1n) is 7.44. The number of non-ortho nitro benzene ring substituents is 1. The van der Waals surface area contributed by atoms with Gasteiger partial charge in [0.1, 0.15) is 5.82 Å². The maximum Gasteiger partial charge on any atom is 0.295 e. The number of nitrogens with zero attached hydrogens (tertiary/aromatic N) is 3. The Hall–Kier alpha value is -3.07. The van der Waals surface area contributed by atoms with Gasteiger partial charge in [-0.05, 0) is 52.7 Å².